The summed E-state index contributed by atoms with van der Waals surface area (Å²) < 4.78 is 39.0. The number of rotatable bonds is 1. The van der Waals surface area contributed by atoms with Gasteiger partial charge in [-0.05, 0) is 50.6 Å². The van der Waals surface area contributed by atoms with Crippen molar-refractivity contribution in [2.45, 2.75) is 26.9 Å². The van der Waals surface area contributed by atoms with E-state index in [1.165, 1.54) is 12.1 Å². The molecule has 0 amide bonds. The van der Waals surface area contributed by atoms with Crippen LogP contribution in [-0.4, -0.2) is 9.78 Å². The third-order valence-corrected chi connectivity index (χ3v) is 3.09. The first-order valence-electron chi connectivity index (χ1n) is 5.51. The Morgan fingerprint density at radius 2 is 1.56 bits per heavy atom. The van der Waals surface area contributed by atoms with Crippen LogP contribution in [0.4, 0.5) is 13.2 Å². The topological polar surface area (TPSA) is 17.8 Å². The molecule has 0 aliphatic carbocycles. The predicted octanol–water partition coefficient (Wildman–Crippen LogP) is 3.82. The molecule has 0 bridgehead atoms. The number of halogens is 3. The summed E-state index contributed by atoms with van der Waals surface area (Å²) in [6, 6.07) is 5.01. The van der Waals surface area contributed by atoms with Gasteiger partial charge in [0.15, 0.2) is 0 Å². The molecule has 0 saturated heterocycles. The molecule has 0 N–H and O–H groups in total. The third-order valence-electron chi connectivity index (χ3n) is 3.09. The quantitative estimate of drug-likeness (QED) is 0.756. The lowest BCUT2D eigenvalue weighted by molar-refractivity contribution is -0.137. The maximum atomic E-state index is 12.4. The van der Waals surface area contributed by atoms with Crippen LogP contribution in [0.2, 0.25) is 0 Å². The Bertz CT molecular complexity index is 565. The summed E-state index contributed by atoms with van der Waals surface area (Å²) in [4.78, 5) is 0. The SMILES string of the molecule is Cc1nn(-c2ccc(C(F)(F)F)cc2)c(C)c1C. The number of hydrogen-bond donors (Lipinski definition) is 0. The molecular formula is C13H13F3N2. The fraction of sp³-hybridized carbons (Fsp3) is 0.308. The number of hydrogen-bond acceptors (Lipinski definition) is 1. The fourth-order valence-corrected chi connectivity index (χ4v) is 1.76. The minimum Gasteiger partial charge on any atom is -0.238 e. The molecule has 2 aromatic rings. The van der Waals surface area contributed by atoms with E-state index >= 15 is 0 Å². The molecule has 0 aliphatic rings. The van der Waals surface area contributed by atoms with E-state index in [9.17, 15) is 13.2 Å². The molecule has 1 aromatic heterocycles. The van der Waals surface area contributed by atoms with Gasteiger partial charge in [0.25, 0.3) is 0 Å². The van der Waals surface area contributed by atoms with Crippen molar-refractivity contribution in [2.24, 2.45) is 0 Å². The van der Waals surface area contributed by atoms with E-state index < -0.39 is 11.7 Å². The first-order valence-corrected chi connectivity index (χ1v) is 5.51. The third kappa shape index (κ3) is 2.12. The molecule has 18 heavy (non-hydrogen) atoms. The Morgan fingerprint density at radius 3 is 1.94 bits per heavy atom. The molecule has 96 valence electrons. The summed E-state index contributed by atoms with van der Waals surface area (Å²) in [7, 11) is 0. The molecular weight excluding hydrogens is 241 g/mol. The van der Waals surface area contributed by atoms with E-state index in [-0.39, 0.29) is 0 Å². The summed E-state index contributed by atoms with van der Waals surface area (Å²) in [5.41, 5.74) is 2.86. The zero-order valence-electron chi connectivity index (χ0n) is 10.3. The van der Waals surface area contributed by atoms with E-state index in [1.54, 1.807) is 4.68 Å². The summed E-state index contributed by atoms with van der Waals surface area (Å²) in [5.74, 6) is 0. The van der Waals surface area contributed by atoms with Crippen LogP contribution in [0.5, 0.6) is 0 Å². The van der Waals surface area contributed by atoms with Crippen molar-refractivity contribution in [3.05, 3.63) is 46.8 Å². The fourth-order valence-electron chi connectivity index (χ4n) is 1.76. The highest BCUT2D eigenvalue weighted by atomic mass is 19.4. The van der Waals surface area contributed by atoms with E-state index in [4.69, 9.17) is 0 Å². The Morgan fingerprint density at radius 1 is 1.00 bits per heavy atom. The zero-order valence-corrected chi connectivity index (χ0v) is 10.3. The van der Waals surface area contributed by atoms with Gasteiger partial charge in [-0.25, -0.2) is 4.68 Å². The number of alkyl halides is 3. The second kappa shape index (κ2) is 4.15. The molecule has 2 nitrogen and oxygen atoms in total. The Hall–Kier alpha value is -1.78. The van der Waals surface area contributed by atoms with Gasteiger partial charge in [0.05, 0.1) is 16.9 Å². The number of nitrogens with zero attached hydrogens (tertiary/aromatic N) is 2. The Kier molecular flexibility index (Phi) is 2.92. The van der Waals surface area contributed by atoms with Crippen LogP contribution in [0.3, 0.4) is 0 Å². The van der Waals surface area contributed by atoms with Crippen LogP contribution in [0.1, 0.15) is 22.5 Å². The van der Waals surface area contributed by atoms with E-state index in [2.05, 4.69) is 5.10 Å². The molecule has 5 heteroatoms. The molecule has 1 heterocycles. The molecule has 1 aromatic carbocycles. The molecule has 0 fully saturated rings. The van der Waals surface area contributed by atoms with E-state index in [0.717, 1.165) is 29.1 Å². The van der Waals surface area contributed by atoms with Gasteiger partial charge in [0.2, 0.25) is 0 Å². The van der Waals surface area contributed by atoms with Crippen LogP contribution in [0, 0.1) is 20.8 Å². The summed E-state index contributed by atoms with van der Waals surface area (Å²) in [6.07, 6.45) is -4.30. The first kappa shape index (κ1) is 12.7. The largest absolute Gasteiger partial charge is 0.416 e. The predicted molar refractivity (Wildman–Crippen MR) is 62.8 cm³/mol. The average Bonchev–Trinajstić information content (AvgIpc) is 2.56. The van der Waals surface area contributed by atoms with Gasteiger partial charge in [-0.2, -0.15) is 18.3 Å². The summed E-state index contributed by atoms with van der Waals surface area (Å²) >= 11 is 0. The first-order chi connectivity index (χ1) is 8.30. The van der Waals surface area contributed by atoms with Crippen LogP contribution in [-0.2, 0) is 6.18 Å². The highest BCUT2D eigenvalue weighted by Gasteiger charge is 2.30. The van der Waals surface area contributed by atoms with Gasteiger partial charge in [-0.1, -0.05) is 0 Å². The number of aromatic nitrogens is 2. The van der Waals surface area contributed by atoms with Crippen LogP contribution >= 0.6 is 0 Å². The van der Waals surface area contributed by atoms with Crippen molar-refractivity contribution in [3.63, 3.8) is 0 Å². The van der Waals surface area contributed by atoms with Crippen molar-refractivity contribution in [1.82, 2.24) is 9.78 Å². The highest BCUT2D eigenvalue weighted by Crippen LogP contribution is 2.29. The van der Waals surface area contributed by atoms with Crippen molar-refractivity contribution in [1.29, 1.82) is 0 Å². The van der Waals surface area contributed by atoms with Crippen LogP contribution in [0.15, 0.2) is 24.3 Å². The average molecular weight is 254 g/mol. The van der Waals surface area contributed by atoms with Gasteiger partial charge in [-0.3, -0.25) is 0 Å². The molecule has 0 aliphatic heterocycles. The maximum absolute atomic E-state index is 12.4. The molecule has 2 rings (SSSR count). The molecule has 0 saturated carbocycles. The number of aryl methyl sites for hydroxylation is 1. The van der Waals surface area contributed by atoms with E-state index in [0.29, 0.717) is 5.69 Å². The van der Waals surface area contributed by atoms with Crippen molar-refractivity contribution >= 4 is 0 Å². The van der Waals surface area contributed by atoms with E-state index in [1.807, 2.05) is 20.8 Å². The maximum Gasteiger partial charge on any atom is 0.416 e. The van der Waals surface area contributed by atoms with Gasteiger partial charge in [-0.15, -0.1) is 0 Å². The second-order valence-corrected chi connectivity index (χ2v) is 4.25. The lowest BCUT2D eigenvalue weighted by atomic mass is 10.2. The van der Waals surface area contributed by atoms with Crippen molar-refractivity contribution in [3.8, 4) is 5.69 Å². The molecule has 0 atom stereocenters. The van der Waals surface area contributed by atoms with Gasteiger partial charge < -0.3 is 0 Å². The highest BCUT2D eigenvalue weighted by molar-refractivity contribution is 5.38. The molecule has 0 unspecified atom stereocenters. The zero-order chi connectivity index (χ0) is 13.5. The smallest absolute Gasteiger partial charge is 0.238 e. The Labute approximate surface area is 103 Å². The van der Waals surface area contributed by atoms with Crippen molar-refractivity contribution < 1.29 is 13.2 Å². The lowest BCUT2D eigenvalue weighted by Gasteiger charge is -2.08. The second-order valence-electron chi connectivity index (χ2n) is 4.25. The minimum absolute atomic E-state index is 0.636. The van der Waals surface area contributed by atoms with Crippen molar-refractivity contribution in [2.75, 3.05) is 0 Å². The van der Waals surface area contributed by atoms with Gasteiger partial charge >= 0.3 is 6.18 Å². The minimum atomic E-state index is -4.30. The number of benzene rings is 1. The standard InChI is InChI=1S/C13H13F3N2/c1-8-9(2)17-18(10(8)3)12-6-4-11(5-7-12)13(14,15)16/h4-7H,1-3H3. The van der Waals surface area contributed by atoms with Gasteiger partial charge in [0, 0.05) is 5.69 Å². The summed E-state index contributed by atoms with van der Waals surface area (Å²) in [6.45, 7) is 5.72. The monoisotopic (exact) mass is 254 g/mol. The molecule has 0 radical (unpaired) electrons. The lowest BCUT2D eigenvalue weighted by Crippen LogP contribution is -2.05. The normalized spacial score (nSPS) is 11.9. The van der Waals surface area contributed by atoms with Crippen LogP contribution < -0.4 is 0 Å². The Balaban J connectivity index is 2.44. The van der Waals surface area contributed by atoms with Crippen LogP contribution in [0.25, 0.3) is 5.69 Å². The summed E-state index contributed by atoms with van der Waals surface area (Å²) in [5, 5.41) is 4.31. The molecule has 0 spiro atoms. The van der Waals surface area contributed by atoms with Gasteiger partial charge in [0.1, 0.15) is 0 Å².